The molecule has 0 aromatic rings. The van der Waals surface area contributed by atoms with Crippen LogP contribution in [0.3, 0.4) is 0 Å². The third-order valence-electron chi connectivity index (χ3n) is 4.23. The minimum absolute atomic E-state index is 0.308. The highest BCUT2D eigenvalue weighted by molar-refractivity contribution is 5.05. The molecule has 0 aromatic carbocycles. The molecule has 0 saturated heterocycles. The van der Waals surface area contributed by atoms with E-state index in [0.717, 1.165) is 31.7 Å². The summed E-state index contributed by atoms with van der Waals surface area (Å²) in [5.74, 6) is 0.941. The van der Waals surface area contributed by atoms with Crippen LogP contribution in [0, 0.1) is 17.2 Å². The first-order valence-corrected chi connectivity index (χ1v) is 6.94. The van der Waals surface area contributed by atoms with Gasteiger partial charge in [-0.15, -0.1) is 0 Å². The predicted molar refractivity (Wildman–Crippen MR) is 71.8 cm³/mol. The van der Waals surface area contributed by atoms with Crippen molar-refractivity contribution in [3.05, 3.63) is 0 Å². The molecule has 0 heterocycles. The minimum Gasteiger partial charge on any atom is -0.306 e. The fraction of sp³-hybridized carbons (Fsp3) is 0.929. The molecule has 1 N–H and O–H groups in total. The summed E-state index contributed by atoms with van der Waals surface area (Å²) in [6.45, 7) is 4.44. The zero-order valence-corrected chi connectivity index (χ0v) is 11.6. The average Bonchev–Trinajstić information content (AvgIpc) is 2.30. The summed E-state index contributed by atoms with van der Waals surface area (Å²) in [4.78, 5) is 2.43. The first kappa shape index (κ1) is 14.5. The van der Waals surface area contributed by atoms with Crippen LogP contribution in [-0.2, 0) is 0 Å². The summed E-state index contributed by atoms with van der Waals surface area (Å²) in [7, 11) is 4.10. The van der Waals surface area contributed by atoms with E-state index in [2.05, 4.69) is 30.3 Å². The molecule has 1 fully saturated rings. The summed E-state index contributed by atoms with van der Waals surface area (Å²) in [5, 5.41) is 12.4. The maximum Gasteiger partial charge on any atom is 0.106 e. The fourth-order valence-corrected chi connectivity index (χ4v) is 2.53. The molecular weight excluding hydrogens is 210 g/mol. The van der Waals surface area contributed by atoms with Gasteiger partial charge in [0.2, 0.25) is 0 Å². The summed E-state index contributed by atoms with van der Waals surface area (Å²) in [6, 6.07) is 2.42. The molecule has 3 heteroatoms. The lowest BCUT2D eigenvalue weighted by molar-refractivity contribution is 0.199. The van der Waals surface area contributed by atoms with E-state index in [0.29, 0.717) is 0 Å². The predicted octanol–water partition coefficient (Wildman–Crippen LogP) is 2.39. The van der Waals surface area contributed by atoms with Crippen LogP contribution in [0.25, 0.3) is 0 Å². The van der Waals surface area contributed by atoms with Gasteiger partial charge in [0, 0.05) is 6.54 Å². The zero-order valence-electron chi connectivity index (χ0n) is 11.6. The third-order valence-corrected chi connectivity index (χ3v) is 4.23. The summed E-state index contributed by atoms with van der Waals surface area (Å²) in [6.07, 6.45) is 7.19. The topological polar surface area (TPSA) is 39.1 Å². The maximum atomic E-state index is 9.21. The smallest absolute Gasteiger partial charge is 0.106 e. The molecule has 0 amide bonds. The van der Waals surface area contributed by atoms with Gasteiger partial charge in [-0.25, -0.2) is 0 Å². The quantitative estimate of drug-likeness (QED) is 0.704. The van der Waals surface area contributed by atoms with Crippen molar-refractivity contribution in [3.63, 3.8) is 0 Å². The third kappa shape index (κ3) is 4.29. The molecule has 1 aliphatic carbocycles. The number of hydrogen-bond acceptors (Lipinski definition) is 3. The zero-order chi connectivity index (χ0) is 12.7. The molecule has 17 heavy (non-hydrogen) atoms. The Bertz CT molecular complexity index is 249. The van der Waals surface area contributed by atoms with E-state index >= 15 is 0 Å². The van der Waals surface area contributed by atoms with E-state index < -0.39 is 0 Å². The maximum absolute atomic E-state index is 9.21. The van der Waals surface area contributed by atoms with E-state index in [1.54, 1.807) is 0 Å². The van der Waals surface area contributed by atoms with Gasteiger partial charge in [0.25, 0.3) is 0 Å². The lowest BCUT2D eigenvalue weighted by atomic mass is 9.85. The molecule has 1 rings (SSSR count). The molecule has 3 nitrogen and oxygen atoms in total. The van der Waals surface area contributed by atoms with E-state index in [1.807, 2.05) is 7.05 Å². The molecule has 0 aliphatic heterocycles. The van der Waals surface area contributed by atoms with Crippen LogP contribution in [-0.4, -0.2) is 37.6 Å². The van der Waals surface area contributed by atoms with Crippen LogP contribution in [0.15, 0.2) is 0 Å². The Morgan fingerprint density at radius 1 is 1.47 bits per heavy atom. The molecule has 98 valence electrons. The second kappa shape index (κ2) is 6.98. The van der Waals surface area contributed by atoms with Gasteiger partial charge in [-0.3, -0.25) is 0 Å². The van der Waals surface area contributed by atoms with Crippen molar-refractivity contribution in [1.29, 1.82) is 5.26 Å². The van der Waals surface area contributed by atoms with Gasteiger partial charge in [-0.1, -0.05) is 13.3 Å². The Kier molecular flexibility index (Phi) is 5.94. The highest BCUT2D eigenvalue weighted by Crippen LogP contribution is 2.26. The Balaban J connectivity index is 2.18. The standard InChI is InChI=1S/C14H27N3/c1-4-14(12-15,16-2)9-6-10-17(3)11-13-7-5-8-13/h13,16H,4-11H2,1-3H3. The van der Waals surface area contributed by atoms with Gasteiger partial charge in [-0.2, -0.15) is 5.26 Å². The molecule has 0 bridgehead atoms. The molecule has 1 unspecified atom stereocenters. The Labute approximate surface area is 106 Å². The van der Waals surface area contributed by atoms with Gasteiger partial charge in [0.05, 0.1) is 6.07 Å². The van der Waals surface area contributed by atoms with Crippen molar-refractivity contribution in [2.45, 2.75) is 51.0 Å². The number of nitrogens with zero attached hydrogens (tertiary/aromatic N) is 2. The highest BCUT2D eigenvalue weighted by Gasteiger charge is 2.25. The monoisotopic (exact) mass is 237 g/mol. The van der Waals surface area contributed by atoms with E-state index in [9.17, 15) is 5.26 Å². The second-order valence-electron chi connectivity index (χ2n) is 5.46. The molecule has 0 radical (unpaired) electrons. The normalized spacial score (nSPS) is 19.7. The number of rotatable bonds is 8. The van der Waals surface area contributed by atoms with Gasteiger partial charge in [0.15, 0.2) is 0 Å². The molecular formula is C14H27N3. The molecule has 1 aliphatic rings. The average molecular weight is 237 g/mol. The van der Waals surface area contributed by atoms with Crippen LogP contribution in [0.2, 0.25) is 0 Å². The fourth-order valence-electron chi connectivity index (χ4n) is 2.53. The molecule has 1 saturated carbocycles. The Morgan fingerprint density at radius 3 is 2.59 bits per heavy atom. The van der Waals surface area contributed by atoms with Crippen molar-refractivity contribution in [3.8, 4) is 6.07 Å². The number of nitriles is 1. The lowest BCUT2D eigenvalue weighted by Crippen LogP contribution is -2.41. The summed E-state index contributed by atoms with van der Waals surface area (Å²) < 4.78 is 0. The van der Waals surface area contributed by atoms with Gasteiger partial charge >= 0.3 is 0 Å². The van der Waals surface area contributed by atoms with Crippen molar-refractivity contribution in [2.75, 3.05) is 27.2 Å². The molecule has 0 spiro atoms. The Hall–Kier alpha value is -0.590. The van der Waals surface area contributed by atoms with Gasteiger partial charge in [-0.05, 0) is 58.7 Å². The van der Waals surface area contributed by atoms with E-state index in [1.165, 1.54) is 25.8 Å². The second-order valence-corrected chi connectivity index (χ2v) is 5.46. The number of nitrogens with one attached hydrogen (secondary N) is 1. The number of hydrogen-bond donors (Lipinski definition) is 1. The van der Waals surface area contributed by atoms with Crippen LogP contribution >= 0.6 is 0 Å². The van der Waals surface area contributed by atoms with Crippen molar-refractivity contribution < 1.29 is 0 Å². The van der Waals surface area contributed by atoms with Crippen LogP contribution in [0.1, 0.15) is 45.4 Å². The molecule has 1 atom stereocenters. The van der Waals surface area contributed by atoms with Crippen molar-refractivity contribution in [1.82, 2.24) is 10.2 Å². The first-order chi connectivity index (χ1) is 8.15. The van der Waals surface area contributed by atoms with Gasteiger partial charge < -0.3 is 10.2 Å². The van der Waals surface area contributed by atoms with Crippen LogP contribution in [0.4, 0.5) is 0 Å². The SMILES string of the molecule is CCC(C#N)(CCCN(C)CC1CCC1)NC. The summed E-state index contributed by atoms with van der Waals surface area (Å²) >= 11 is 0. The summed E-state index contributed by atoms with van der Waals surface area (Å²) in [5.41, 5.74) is -0.308. The molecule has 0 aromatic heterocycles. The van der Waals surface area contributed by atoms with Crippen LogP contribution in [0.5, 0.6) is 0 Å². The van der Waals surface area contributed by atoms with Crippen molar-refractivity contribution >= 4 is 0 Å². The van der Waals surface area contributed by atoms with Gasteiger partial charge in [0.1, 0.15) is 5.54 Å². The van der Waals surface area contributed by atoms with E-state index in [-0.39, 0.29) is 5.54 Å². The lowest BCUT2D eigenvalue weighted by Gasteiger charge is -2.31. The highest BCUT2D eigenvalue weighted by atomic mass is 15.1. The first-order valence-electron chi connectivity index (χ1n) is 6.94. The van der Waals surface area contributed by atoms with Crippen molar-refractivity contribution in [2.24, 2.45) is 5.92 Å². The Morgan fingerprint density at radius 2 is 2.18 bits per heavy atom. The largest absolute Gasteiger partial charge is 0.306 e. The van der Waals surface area contributed by atoms with E-state index in [4.69, 9.17) is 0 Å². The van der Waals surface area contributed by atoms with Crippen LogP contribution < -0.4 is 5.32 Å². The minimum atomic E-state index is -0.308.